The van der Waals surface area contributed by atoms with Gasteiger partial charge in [-0.2, -0.15) is 0 Å². The molecular formula is C16H22FNO4. The lowest BCUT2D eigenvalue weighted by Crippen LogP contribution is -2.27. The van der Waals surface area contributed by atoms with E-state index in [1.165, 1.54) is 12.1 Å². The monoisotopic (exact) mass is 311 g/mol. The van der Waals surface area contributed by atoms with E-state index in [2.05, 4.69) is 5.32 Å². The van der Waals surface area contributed by atoms with E-state index >= 15 is 0 Å². The molecule has 5 nitrogen and oxygen atoms in total. The SMILES string of the molecule is CCOC(=O)CCc1ccc(NC(=O)OC(C)(C)C)cc1F. The van der Waals surface area contributed by atoms with Crippen LogP contribution < -0.4 is 5.32 Å². The van der Waals surface area contributed by atoms with Crippen LogP contribution >= 0.6 is 0 Å². The van der Waals surface area contributed by atoms with Gasteiger partial charge in [-0.1, -0.05) is 6.07 Å². The van der Waals surface area contributed by atoms with Crippen LogP contribution in [0.5, 0.6) is 0 Å². The summed E-state index contributed by atoms with van der Waals surface area (Å²) < 4.78 is 23.8. The van der Waals surface area contributed by atoms with Crippen LogP contribution in [0.15, 0.2) is 18.2 Å². The molecular weight excluding hydrogens is 289 g/mol. The minimum Gasteiger partial charge on any atom is -0.466 e. The van der Waals surface area contributed by atoms with Crippen LogP contribution in [-0.2, 0) is 20.7 Å². The fourth-order valence-electron chi connectivity index (χ4n) is 1.72. The van der Waals surface area contributed by atoms with Crippen LogP contribution in [0.1, 0.15) is 39.7 Å². The van der Waals surface area contributed by atoms with Crippen molar-refractivity contribution in [1.82, 2.24) is 0 Å². The summed E-state index contributed by atoms with van der Waals surface area (Å²) in [7, 11) is 0. The normalized spacial score (nSPS) is 11.0. The molecule has 0 aromatic heterocycles. The van der Waals surface area contributed by atoms with Gasteiger partial charge in [0.2, 0.25) is 0 Å². The summed E-state index contributed by atoms with van der Waals surface area (Å²) >= 11 is 0. The number of ether oxygens (including phenoxy) is 2. The highest BCUT2D eigenvalue weighted by Gasteiger charge is 2.16. The molecule has 0 saturated heterocycles. The molecule has 122 valence electrons. The molecule has 1 aromatic carbocycles. The maximum absolute atomic E-state index is 13.9. The molecule has 0 spiro atoms. The standard InChI is InChI=1S/C16H22FNO4/c1-5-21-14(19)9-7-11-6-8-12(10-13(11)17)18-15(20)22-16(2,3)4/h6,8,10H,5,7,9H2,1-4H3,(H,18,20). The zero-order valence-corrected chi connectivity index (χ0v) is 13.4. The first-order valence-corrected chi connectivity index (χ1v) is 7.15. The molecule has 6 heteroatoms. The Labute approximate surface area is 129 Å². The van der Waals surface area contributed by atoms with Crippen LogP contribution in [0.2, 0.25) is 0 Å². The summed E-state index contributed by atoms with van der Waals surface area (Å²) in [6.07, 6.45) is -0.285. The van der Waals surface area contributed by atoms with Crippen molar-refractivity contribution in [3.05, 3.63) is 29.6 Å². The number of anilines is 1. The first-order chi connectivity index (χ1) is 10.2. The topological polar surface area (TPSA) is 64.6 Å². The minimum absolute atomic E-state index is 0.115. The highest BCUT2D eigenvalue weighted by molar-refractivity contribution is 5.84. The van der Waals surface area contributed by atoms with Gasteiger partial charge in [0.25, 0.3) is 0 Å². The lowest BCUT2D eigenvalue weighted by atomic mass is 10.1. The number of benzene rings is 1. The van der Waals surface area contributed by atoms with E-state index in [-0.39, 0.29) is 18.8 Å². The third-order valence-corrected chi connectivity index (χ3v) is 2.60. The Hall–Kier alpha value is -2.11. The van der Waals surface area contributed by atoms with Crippen molar-refractivity contribution in [3.8, 4) is 0 Å². The summed E-state index contributed by atoms with van der Waals surface area (Å²) in [5.74, 6) is -0.851. The first-order valence-electron chi connectivity index (χ1n) is 7.15. The summed E-state index contributed by atoms with van der Waals surface area (Å²) in [6, 6.07) is 4.29. The fourth-order valence-corrected chi connectivity index (χ4v) is 1.72. The third-order valence-electron chi connectivity index (χ3n) is 2.60. The number of amides is 1. The second-order valence-corrected chi connectivity index (χ2v) is 5.74. The van der Waals surface area contributed by atoms with Crippen LogP contribution in [0, 0.1) is 5.82 Å². The molecule has 0 atom stereocenters. The van der Waals surface area contributed by atoms with Gasteiger partial charge in [-0.25, -0.2) is 9.18 Å². The summed E-state index contributed by atoms with van der Waals surface area (Å²) in [6.45, 7) is 7.25. The number of hydrogen-bond donors (Lipinski definition) is 1. The van der Waals surface area contributed by atoms with Crippen molar-refractivity contribution in [2.24, 2.45) is 0 Å². The Kier molecular flexibility index (Phi) is 6.34. The van der Waals surface area contributed by atoms with Gasteiger partial charge in [0.15, 0.2) is 0 Å². The van der Waals surface area contributed by atoms with E-state index in [1.807, 2.05) is 0 Å². The number of halogens is 1. The van der Waals surface area contributed by atoms with Crippen molar-refractivity contribution in [2.75, 3.05) is 11.9 Å². The average Bonchev–Trinajstić information content (AvgIpc) is 2.35. The maximum atomic E-state index is 13.9. The molecule has 1 amide bonds. The number of rotatable bonds is 5. The van der Waals surface area contributed by atoms with E-state index in [0.29, 0.717) is 17.9 Å². The Morgan fingerprint density at radius 1 is 1.27 bits per heavy atom. The van der Waals surface area contributed by atoms with Crippen LogP contribution in [0.25, 0.3) is 0 Å². The van der Waals surface area contributed by atoms with E-state index < -0.39 is 17.5 Å². The minimum atomic E-state index is -0.647. The molecule has 0 saturated carbocycles. The molecule has 0 bridgehead atoms. The van der Waals surface area contributed by atoms with Gasteiger partial charge in [0.05, 0.1) is 6.61 Å². The fraction of sp³-hybridized carbons (Fsp3) is 0.500. The summed E-state index contributed by atoms with van der Waals surface area (Å²) in [4.78, 5) is 22.8. The zero-order chi connectivity index (χ0) is 16.8. The highest BCUT2D eigenvalue weighted by Crippen LogP contribution is 2.17. The number of aryl methyl sites for hydroxylation is 1. The number of hydrogen-bond acceptors (Lipinski definition) is 4. The van der Waals surface area contributed by atoms with E-state index in [1.54, 1.807) is 33.8 Å². The van der Waals surface area contributed by atoms with Gasteiger partial charge in [-0.3, -0.25) is 10.1 Å². The third kappa shape index (κ3) is 6.56. The lowest BCUT2D eigenvalue weighted by molar-refractivity contribution is -0.143. The Balaban J connectivity index is 2.62. The van der Waals surface area contributed by atoms with Gasteiger partial charge in [0, 0.05) is 12.1 Å². The Bertz CT molecular complexity index is 537. The Morgan fingerprint density at radius 3 is 2.50 bits per heavy atom. The van der Waals surface area contributed by atoms with Gasteiger partial charge in [-0.15, -0.1) is 0 Å². The van der Waals surface area contributed by atoms with Crippen molar-refractivity contribution < 1.29 is 23.5 Å². The Morgan fingerprint density at radius 2 is 1.95 bits per heavy atom. The highest BCUT2D eigenvalue weighted by atomic mass is 19.1. The zero-order valence-electron chi connectivity index (χ0n) is 13.4. The smallest absolute Gasteiger partial charge is 0.412 e. The van der Waals surface area contributed by atoms with Crippen molar-refractivity contribution in [1.29, 1.82) is 0 Å². The average molecular weight is 311 g/mol. The van der Waals surface area contributed by atoms with Crippen LogP contribution in [0.4, 0.5) is 14.9 Å². The second-order valence-electron chi connectivity index (χ2n) is 5.74. The van der Waals surface area contributed by atoms with E-state index in [0.717, 1.165) is 0 Å². The van der Waals surface area contributed by atoms with Crippen molar-refractivity contribution >= 4 is 17.7 Å². The quantitative estimate of drug-likeness (QED) is 0.843. The largest absolute Gasteiger partial charge is 0.466 e. The summed E-state index contributed by atoms with van der Waals surface area (Å²) in [5, 5.41) is 2.46. The van der Waals surface area contributed by atoms with Crippen molar-refractivity contribution in [3.63, 3.8) is 0 Å². The van der Waals surface area contributed by atoms with E-state index in [4.69, 9.17) is 9.47 Å². The van der Waals surface area contributed by atoms with Crippen LogP contribution in [0.3, 0.4) is 0 Å². The molecule has 0 aliphatic heterocycles. The molecule has 1 N–H and O–H groups in total. The lowest BCUT2D eigenvalue weighted by Gasteiger charge is -2.19. The molecule has 0 aliphatic rings. The number of esters is 1. The van der Waals surface area contributed by atoms with E-state index in [9.17, 15) is 14.0 Å². The molecule has 1 aromatic rings. The molecule has 0 aliphatic carbocycles. The van der Waals surface area contributed by atoms with Gasteiger partial charge < -0.3 is 9.47 Å². The number of carbonyl (C=O) groups is 2. The second kappa shape index (κ2) is 7.77. The first kappa shape index (κ1) is 17.9. The molecule has 0 radical (unpaired) electrons. The molecule has 0 heterocycles. The predicted molar refractivity (Wildman–Crippen MR) is 81.2 cm³/mol. The van der Waals surface area contributed by atoms with Crippen LogP contribution in [-0.4, -0.2) is 24.3 Å². The maximum Gasteiger partial charge on any atom is 0.412 e. The number of carbonyl (C=O) groups excluding carboxylic acids is 2. The predicted octanol–water partition coefficient (Wildman–Crippen LogP) is 3.67. The molecule has 22 heavy (non-hydrogen) atoms. The van der Waals surface area contributed by atoms with Gasteiger partial charge >= 0.3 is 12.1 Å². The van der Waals surface area contributed by atoms with Crippen molar-refractivity contribution in [2.45, 2.75) is 46.1 Å². The van der Waals surface area contributed by atoms with Gasteiger partial charge in [0.1, 0.15) is 11.4 Å². The summed E-state index contributed by atoms with van der Waals surface area (Å²) in [5.41, 5.74) is 0.0665. The number of nitrogens with one attached hydrogen (secondary N) is 1. The van der Waals surface area contributed by atoms with Gasteiger partial charge in [-0.05, 0) is 51.8 Å². The molecule has 0 fully saturated rings. The molecule has 0 unspecified atom stereocenters. The molecule has 1 rings (SSSR count).